The van der Waals surface area contributed by atoms with Crippen LogP contribution >= 0.6 is 0 Å². The van der Waals surface area contributed by atoms with E-state index >= 15 is 0 Å². The van der Waals surface area contributed by atoms with E-state index in [1.165, 1.54) is 5.56 Å². The summed E-state index contributed by atoms with van der Waals surface area (Å²) in [6.45, 7) is 2.03. The van der Waals surface area contributed by atoms with Crippen molar-refractivity contribution in [3.05, 3.63) is 41.6 Å². The van der Waals surface area contributed by atoms with Gasteiger partial charge in [0, 0.05) is 6.20 Å². The number of hydrogen-bond donors (Lipinski definition) is 1. The van der Waals surface area contributed by atoms with Crippen LogP contribution in [0.3, 0.4) is 0 Å². The molecule has 0 fully saturated rings. The average Bonchev–Trinajstić information content (AvgIpc) is 2.09. The number of amides is 1. The van der Waals surface area contributed by atoms with Gasteiger partial charge in [0.2, 0.25) is 6.41 Å². The number of nitrogens with one attached hydrogen (secondary N) is 1. The number of aryl methyl sites for hydroxylation is 1. The lowest BCUT2D eigenvalue weighted by atomic mass is 10.1. The Morgan fingerprint density at radius 3 is 2.75 bits per heavy atom. The zero-order valence-electron chi connectivity index (χ0n) is 6.95. The second-order valence-electron chi connectivity index (χ2n) is 2.47. The summed E-state index contributed by atoms with van der Waals surface area (Å²) >= 11 is 0. The van der Waals surface area contributed by atoms with Crippen molar-refractivity contribution in [1.29, 1.82) is 0 Å². The summed E-state index contributed by atoms with van der Waals surface area (Å²) in [6, 6.07) is 7.98. The van der Waals surface area contributed by atoms with Gasteiger partial charge in [0.1, 0.15) is 0 Å². The highest BCUT2D eigenvalue weighted by atomic mass is 16.1. The van der Waals surface area contributed by atoms with E-state index in [0.717, 1.165) is 5.56 Å². The van der Waals surface area contributed by atoms with Gasteiger partial charge in [-0.05, 0) is 24.1 Å². The Hall–Kier alpha value is -1.57. The summed E-state index contributed by atoms with van der Waals surface area (Å²) in [6.07, 6.45) is 4.13. The second kappa shape index (κ2) is 4.34. The third kappa shape index (κ3) is 2.23. The van der Waals surface area contributed by atoms with Crippen LogP contribution in [0.25, 0.3) is 6.08 Å². The maximum Gasteiger partial charge on any atom is 0.211 e. The van der Waals surface area contributed by atoms with Crippen LogP contribution in [0.1, 0.15) is 11.1 Å². The summed E-state index contributed by atoms with van der Waals surface area (Å²) in [7, 11) is 0. The second-order valence-corrected chi connectivity index (χ2v) is 2.47. The molecule has 0 radical (unpaired) electrons. The van der Waals surface area contributed by atoms with Crippen molar-refractivity contribution in [2.24, 2.45) is 0 Å². The van der Waals surface area contributed by atoms with Crippen LogP contribution in [-0.4, -0.2) is 6.41 Å². The van der Waals surface area contributed by atoms with Crippen molar-refractivity contribution in [2.45, 2.75) is 6.92 Å². The SMILES string of the molecule is Cc1ccccc1/C=C\NC=O. The molecule has 1 amide bonds. The maximum atomic E-state index is 9.92. The van der Waals surface area contributed by atoms with E-state index in [1.807, 2.05) is 37.3 Å². The summed E-state index contributed by atoms with van der Waals surface area (Å²) in [5.41, 5.74) is 2.31. The molecule has 0 atom stereocenters. The molecule has 0 saturated heterocycles. The molecule has 0 unspecified atom stereocenters. The minimum Gasteiger partial charge on any atom is -0.335 e. The predicted molar refractivity (Wildman–Crippen MR) is 49.4 cm³/mol. The molecule has 1 aromatic rings. The standard InChI is InChI=1S/C10H11NO/c1-9-4-2-3-5-10(9)6-7-11-8-12/h2-8H,1H3,(H,11,12)/b7-6-. The third-order valence-corrected chi connectivity index (χ3v) is 1.62. The van der Waals surface area contributed by atoms with Crippen molar-refractivity contribution in [3.8, 4) is 0 Å². The molecule has 0 aliphatic heterocycles. The Morgan fingerprint density at radius 2 is 2.08 bits per heavy atom. The Balaban J connectivity index is 2.74. The highest BCUT2D eigenvalue weighted by Crippen LogP contribution is 2.07. The van der Waals surface area contributed by atoms with Crippen LogP contribution in [0.4, 0.5) is 0 Å². The van der Waals surface area contributed by atoms with E-state index in [-0.39, 0.29) is 0 Å². The van der Waals surface area contributed by atoms with Crippen molar-refractivity contribution < 1.29 is 4.79 Å². The van der Waals surface area contributed by atoms with Crippen LogP contribution in [0.5, 0.6) is 0 Å². The van der Waals surface area contributed by atoms with Crippen LogP contribution in [0, 0.1) is 6.92 Å². The van der Waals surface area contributed by atoms with Crippen molar-refractivity contribution >= 4 is 12.5 Å². The van der Waals surface area contributed by atoms with Crippen LogP contribution < -0.4 is 5.32 Å². The van der Waals surface area contributed by atoms with E-state index < -0.39 is 0 Å². The Labute approximate surface area is 71.9 Å². The van der Waals surface area contributed by atoms with Gasteiger partial charge >= 0.3 is 0 Å². The van der Waals surface area contributed by atoms with E-state index in [4.69, 9.17) is 0 Å². The first-order valence-electron chi connectivity index (χ1n) is 3.76. The predicted octanol–water partition coefficient (Wildman–Crippen LogP) is 1.71. The van der Waals surface area contributed by atoms with Crippen molar-refractivity contribution in [1.82, 2.24) is 5.32 Å². The number of rotatable bonds is 3. The number of benzene rings is 1. The highest BCUT2D eigenvalue weighted by molar-refractivity contribution is 5.57. The van der Waals surface area contributed by atoms with Gasteiger partial charge in [-0.15, -0.1) is 0 Å². The fourth-order valence-corrected chi connectivity index (χ4v) is 0.951. The molecule has 0 heterocycles. The van der Waals surface area contributed by atoms with E-state index in [1.54, 1.807) is 6.20 Å². The normalized spacial score (nSPS) is 10.1. The first kappa shape index (κ1) is 8.53. The first-order valence-corrected chi connectivity index (χ1v) is 3.76. The highest BCUT2D eigenvalue weighted by Gasteiger charge is 1.88. The lowest BCUT2D eigenvalue weighted by molar-refractivity contribution is -0.108. The molecule has 2 nitrogen and oxygen atoms in total. The molecule has 0 aliphatic carbocycles. The van der Waals surface area contributed by atoms with Crippen LogP contribution in [0.15, 0.2) is 30.5 Å². The topological polar surface area (TPSA) is 29.1 Å². The number of carbonyl (C=O) groups excluding carboxylic acids is 1. The van der Waals surface area contributed by atoms with E-state index in [2.05, 4.69) is 5.32 Å². The number of hydrogen-bond acceptors (Lipinski definition) is 1. The molecule has 1 aromatic carbocycles. The first-order chi connectivity index (χ1) is 5.84. The van der Waals surface area contributed by atoms with E-state index in [9.17, 15) is 4.79 Å². The van der Waals surface area contributed by atoms with Gasteiger partial charge < -0.3 is 5.32 Å². The monoisotopic (exact) mass is 161 g/mol. The average molecular weight is 161 g/mol. The summed E-state index contributed by atoms with van der Waals surface area (Å²) in [5.74, 6) is 0. The van der Waals surface area contributed by atoms with Gasteiger partial charge in [0.25, 0.3) is 0 Å². The molecular weight excluding hydrogens is 150 g/mol. The zero-order valence-corrected chi connectivity index (χ0v) is 6.95. The molecule has 2 heteroatoms. The zero-order chi connectivity index (χ0) is 8.81. The molecule has 12 heavy (non-hydrogen) atoms. The van der Waals surface area contributed by atoms with Gasteiger partial charge in [-0.3, -0.25) is 4.79 Å². The summed E-state index contributed by atoms with van der Waals surface area (Å²) < 4.78 is 0. The van der Waals surface area contributed by atoms with Crippen molar-refractivity contribution in [2.75, 3.05) is 0 Å². The maximum absolute atomic E-state index is 9.92. The van der Waals surface area contributed by atoms with Crippen LogP contribution in [0.2, 0.25) is 0 Å². The summed E-state index contributed by atoms with van der Waals surface area (Å²) in [5, 5.41) is 2.46. The smallest absolute Gasteiger partial charge is 0.211 e. The van der Waals surface area contributed by atoms with Crippen LogP contribution in [-0.2, 0) is 4.79 Å². The lowest BCUT2D eigenvalue weighted by Gasteiger charge is -1.97. The fourth-order valence-electron chi connectivity index (χ4n) is 0.951. The van der Waals surface area contributed by atoms with E-state index in [0.29, 0.717) is 6.41 Å². The largest absolute Gasteiger partial charge is 0.335 e. The lowest BCUT2D eigenvalue weighted by Crippen LogP contribution is -1.98. The molecule has 0 saturated carbocycles. The molecule has 0 spiro atoms. The fraction of sp³-hybridized carbons (Fsp3) is 0.100. The van der Waals surface area contributed by atoms with Gasteiger partial charge in [0.05, 0.1) is 0 Å². The van der Waals surface area contributed by atoms with Gasteiger partial charge in [-0.1, -0.05) is 24.3 Å². The molecular formula is C10H11NO. The minimum absolute atomic E-state index is 0.648. The van der Waals surface area contributed by atoms with Gasteiger partial charge in [-0.2, -0.15) is 0 Å². The molecule has 62 valence electrons. The number of carbonyl (C=O) groups is 1. The van der Waals surface area contributed by atoms with Gasteiger partial charge in [-0.25, -0.2) is 0 Å². The van der Waals surface area contributed by atoms with Crippen molar-refractivity contribution in [3.63, 3.8) is 0 Å². The summed E-state index contributed by atoms with van der Waals surface area (Å²) in [4.78, 5) is 9.92. The molecule has 0 aromatic heterocycles. The molecule has 1 N–H and O–H groups in total. The minimum atomic E-state index is 0.648. The molecule has 1 rings (SSSR count). The molecule has 0 aliphatic rings. The quantitative estimate of drug-likeness (QED) is 0.672. The Kier molecular flexibility index (Phi) is 3.08. The molecule has 0 bridgehead atoms. The third-order valence-electron chi connectivity index (χ3n) is 1.62. The Morgan fingerprint density at radius 1 is 1.33 bits per heavy atom. The Bertz CT molecular complexity index is 292. The van der Waals surface area contributed by atoms with Gasteiger partial charge in [0.15, 0.2) is 0 Å².